The van der Waals surface area contributed by atoms with Crippen LogP contribution in [0.1, 0.15) is 60.2 Å². The van der Waals surface area contributed by atoms with Crippen LogP contribution in [0, 0.1) is 13.8 Å². The van der Waals surface area contributed by atoms with Crippen LogP contribution in [0.5, 0.6) is 0 Å². The van der Waals surface area contributed by atoms with Crippen molar-refractivity contribution in [2.24, 2.45) is 0 Å². The first-order chi connectivity index (χ1) is 15.4. The summed E-state index contributed by atoms with van der Waals surface area (Å²) in [5, 5.41) is 10.9. The molecule has 0 radical (unpaired) electrons. The number of hydrogen-bond acceptors (Lipinski definition) is 2. The third-order valence-corrected chi connectivity index (χ3v) is 6.22. The van der Waals surface area contributed by atoms with Gasteiger partial charge in [-0.25, -0.2) is 9.48 Å². The summed E-state index contributed by atoms with van der Waals surface area (Å²) in [6.45, 7) is 9.13. The molecule has 1 heterocycles. The van der Waals surface area contributed by atoms with Crippen LogP contribution in [-0.4, -0.2) is 21.9 Å². The number of hydrogen-bond donors (Lipinski definition) is 2. The lowest BCUT2D eigenvalue weighted by Crippen LogP contribution is -2.40. The molecular weight excluding hydrogens is 396 g/mol. The number of aryl methyl sites for hydroxylation is 1. The van der Waals surface area contributed by atoms with E-state index < -0.39 is 0 Å². The largest absolute Gasteiger partial charge is 0.334 e. The van der Waals surface area contributed by atoms with Gasteiger partial charge >= 0.3 is 6.03 Å². The number of aromatic nitrogens is 2. The lowest BCUT2D eigenvalue weighted by Gasteiger charge is -2.15. The predicted octanol–water partition coefficient (Wildman–Crippen LogP) is 5.52. The van der Waals surface area contributed by atoms with Crippen LogP contribution >= 0.6 is 0 Å². The van der Waals surface area contributed by atoms with Gasteiger partial charge in [-0.05, 0) is 49.4 Å². The van der Waals surface area contributed by atoms with E-state index in [0.717, 1.165) is 29.1 Å². The zero-order chi connectivity index (χ0) is 22.7. The molecule has 1 aliphatic carbocycles. The van der Waals surface area contributed by atoms with E-state index >= 15 is 0 Å². The van der Waals surface area contributed by atoms with Gasteiger partial charge in [-0.3, -0.25) is 0 Å². The number of nitrogens with zero attached hydrogens (tertiary/aromatic N) is 2. The molecule has 32 heavy (non-hydrogen) atoms. The van der Waals surface area contributed by atoms with Gasteiger partial charge in [0.25, 0.3) is 0 Å². The Morgan fingerprint density at radius 1 is 1.06 bits per heavy atom. The summed E-state index contributed by atoms with van der Waals surface area (Å²) in [6, 6.07) is 18.5. The molecule has 2 N–H and O–H groups in total. The summed E-state index contributed by atoms with van der Waals surface area (Å²) < 4.78 is 2.04. The Morgan fingerprint density at radius 2 is 1.78 bits per heavy atom. The fourth-order valence-corrected chi connectivity index (χ4v) is 4.46. The van der Waals surface area contributed by atoms with E-state index in [0.29, 0.717) is 12.5 Å². The molecule has 3 aromatic rings. The van der Waals surface area contributed by atoms with Gasteiger partial charge in [0, 0.05) is 29.8 Å². The number of amides is 2. The molecule has 2 amide bonds. The molecule has 5 nitrogen and oxygen atoms in total. The lowest BCUT2D eigenvalue weighted by atomic mass is 9.96. The van der Waals surface area contributed by atoms with Crippen LogP contribution in [0.3, 0.4) is 0 Å². The topological polar surface area (TPSA) is 59.0 Å². The van der Waals surface area contributed by atoms with Gasteiger partial charge in [0.1, 0.15) is 0 Å². The quantitative estimate of drug-likeness (QED) is 0.508. The van der Waals surface area contributed by atoms with E-state index in [1.807, 2.05) is 35.0 Å². The summed E-state index contributed by atoms with van der Waals surface area (Å²) in [5.74, 6) is 0.760. The molecular formula is C27H32N4O. The van der Waals surface area contributed by atoms with Crippen LogP contribution in [0.15, 0.2) is 66.7 Å². The van der Waals surface area contributed by atoms with Gasteiger partial charge in [0.05, 0.1) is 11.4 Å². The highest BCUT2D eigenvalue weighted by atomic mass is 16.2. The molecule has 0 spiro atoms. The Labute approximate surface area is 190 Å². The van der Waals surface area contributed by atoms with Crippen molar-refractivity contribution in [3.63, 3.8) is 0 Å². The predicted molar refractivity (Wildman–Crippen MR) is 129 cm³/mol. The molecule has 2 atom stereocenters. The standard InChI is InChI=1S/C27H32N4O/c1-18(2)22-11-14-25(15-12-22)31-20(4)26(19(3)30-31)23-10-13-24(16-23)29-27(32)28-17-21-8-6-5-7-9-21/h5-15,18,23-24H,16-17H2,1-4H3,(H2,28,29,32)/t23-,24+/m0/s1. The highest BCUT2D eigenvalue weighted by molar-refractivity contribution is 5.74. The van der Waals surface area contributed by atoms with E-state index in [9.17, 15) is 4.79 Å². The summed E-state index contributed by atoms with van der Waals surface area (Å²) in [4.78, 5) is 12.3. The van der Waals surface area contributed by atoms with Crippen molar-refractivity contribution in [1.29, 1.82) is 0 Å². The Morgan fingerprint density at radius 3 is 2.47 bits per heavy atom. The maximum absolute atomic E-state index is 12.3. The van der Waals surface area contributed by atoms with Crippen LogP contribution in [0.4, 0.5) is 4.79 Å². The molecule has 4 rings (SSSR count). The molecule has 0 unspecified atom stereocenters. The third kappa shape index (κ3) is 4.77. The van der Waals surface area contributed by atoms with Gasteiger partial charge in [0.2, 0.25) is 0 Å². The van der Waals surface area contributed by atoms with Crippen molar-refractivity contribution < 1.29 is 4.79 Å². The summed E-state index contributed by atoms with van der Waals surface area (Å²) in [7, 11) is 0. The van der Waals surface area contributed by atoms with Crippen molar-refractivity contribution in [2.45, 2.75) is 58.5 Å². The highest BCUT2D eigenvalue weighted by Crippen LogP contribution is 2.34. The normalized spacial score (nSPS) is 17.7. The van der Waals surface area contributed by atoms with Gasteiger partial charge in [-0.2, -0.15) is 5.10 Å². The maximum atomic E-state index is 12.3. The maximum Gasteiger partial charge on any atom is 0.315 e. The van der Waals surface area contributed by atoms with Crippen molar-refractivity contribution in [1.82, 2.24) is 20.4 Å². The fraction of sp³-hybridized carbons (Fsp3) is 0.333. The number of carbonyl (C=O) groups is 1. The van der Waals surface area contributed by atoms with Crippen LogP contribution in [-0.2, 0) is 6.54 Å². The molecule has 0 saturated heterocycles. The molecule has 0 saturated carbocycles. The number of urea groups is 1. The molecule has 0 bridgehead atoms. The minimum absolute atomic E-state index is 0.0169. The average molecular weight is 429 g/mol. The SMILES string of the molecule is Cc1nn(-c2ccc(C(C)C)cc2)c(C)c1[C@H]1C=C[C@@H](NC(=O)NCc2ccccc2)C1. The minimum Gasteiger partial charge on any atom is -0.334 e. The van der Waals surface area contributed by atoms with E-state index in [1.165, 1.54) is 11.1 Å². The number of rotatable bonds is 6. The molecule has 0 aliphatic heterocycles. The number of nitrogens with one attached hydrogen (secondary N) is 2. The minimum atomic E-state index is -0.140. The van der Waals surface area contributed by atoms with Gasteiger partial charge in [0.15, 0.2) is 0 Å². The van der Waals surface area contributed by atoms with Gasteiger partial charge in [-0.15, -0.1) is 0 Å². The zero-order valence-electron chi connectivity index (χ0n) is 19.3. The second kappa shape index (κ2) is 9.43. The Kier molecular flexibility index (Phi) is 6.45. The lowest BCUT2D eigenvalue weighted by molar-refractivity contribution is 0.238. The van der Waals surface area contributed by atoms with E-state index in [-0.39, 0.29) is 18.0 Å². The summed E-state index contributed by atoms with van der Waals surface area (Å²) >= 11 is 0. The molecule has 166 valence electrons. The van der Waals surface area contributed by atoms with E-state index in [1.54, 1.807) is 0 Å². The molecule has 1 aliphatic rings. The first kappa shape index (κ1) is 21.9. The molecule has 2 aromatic carbocycles. The van der Waals surface area contributed by atoms with Crippen molar-refractivity contribution in [3.8, 4) is 5.69 Å². The number of allylic oxidation sites excluding steroid dienone is 1. The Bertz CT molecular complexity index is 1100. The Hall–Kier alpha value is -3.34. The first-order valence-corrected chi connectivity index (χ1v) is 11.4. The molecule has 5 heteroatoms. The van der Waals surface area contributed by atoms with Crippen molar-refractivity contribution >= 4 is 6.03 Å². The first-order valence-electron chi connectivity index (χ1n) is 11.4. The Balaban J connectivity index is 1.40. The van der Waals surface area contributed by atoms with Crippen LogP contribution in [0.25, 0.3) is 5.69 Å². The van der Waals surface area contributed by atoms with E-state index in [4.69, 9.17) is 5.10 Å². The second-order valence-corrected chi connectivity index (χ2v) is 8.89. The monoisotopic (exact) mass is 428 g/mol. The number of carbonyl (C=O) groups excluding carboxylic acids is 1. The van der Waals surface area contributed by atoms with E-state index in [2.05, 4.69) is 74.7 Å². The van der Waals surface area contributed by atoms with Gasteiger partial charge < -0.3 is 10.6 Å². The summed E-state index contributed by atoms with van der Waals surface area (Å²) in [6.07, 6.45) is 5.14. The second-order valence-electron chi connectivity index (χ2n) is 8.89. The highest BCUT2D eigenvalue weighted by Gasteiger charge is 2.27. The fourth-order valence-electron chi connectivity index (χ4n) is 4.46. The van der Waals surface area contributed by atoms with Crippen molar-refractivity contribution in [3.05, 3.63) is 94.8 Å². The van der Waals surface area contributed by atoms with Crippen LogP contribution in [0.2, 0.25) is 0 Å². The zero-order valence-corrected chi connectivity index (χ0v) is 19.3. The molecule has 0 fully saturated rings. The van der Waals surface area contributed by atoms with Crippen molar-refractivity contribution in [2.75, 3.05) is 0 Å². The van der Waals surface area contributed by atoms with Gasteiger partial charge in [-0.1, -0.05) is 68.5 Å². The molecule has 1 aromatic heterocycles. The third-order valence-electron chi connectivity index (χ3n) is 6.22. The van der Waals surface area contributed by atoms with Crippen LogP contribution < -0.4 is 10.6 Å². The summed E-state index contributed by atoms with van der Waals surface area (Å²) in [5.41, 5.74) is 6.94. The smallest absolute Gasteiger partial charge is 0.315 e. The number of benzene rings is 2. The average Bonchev–Trinajstić information content (AvgIpc) is 3.36.